The SMILES string of the molecule is CC(Cc1cocn1)(NC(=O)c1ccc2ncccc2c1)c1ncc(C(F)(F)F)cc1N. The van der Waals surface area contributed by atoms with Gasteiger partial charge >= 0.3 is 6.18 Å². The second kappa shape index (κ2) is 7.95. The van der Waals surface area contributed by atoms with Crippen LogP contribution < -0.4 is 11.1 Å². The predicted octanol–water partition coefficient (Wildman–Crippen LogP) is 4.11. The fourth-order valence-electron chi connectivity index (χ4n) is 3.51. The molecule has 10 heteroatoms. The van der Waals surface area contributed by atoms with E-state index < -0.39 is 23.2 Å². The number of nitrogens with zero attached hydrogens (tertiary/aromatic N) is 3. The van der Waals surface area contributed by atoms with Gasteiger partial charge in [0.25, 0.3) is 5.91 Å². The van der Waals surface area contributed by atoms with Crippen molar-refractivity contribution in [3.05, 3.63) is 84.0 Å². The van der Waals surface area contributed by atoms with Gasteiger partial charge in [0.15, 0.2) is 6.39 Å². The number of fused-ring (bicyclic) bond motifs is 1. The highest BCUT2D eigenvalue weighted by atomic mass is 19.4. The number of hydrogen-bond acceptors (Lipinski definition) is 6. The number of nitrogens with one attached hydrogen (secondary N) is 1. The van der Waals surface area contributed by atoms with Crippen LogP contribution in [0.25, 0.3) is 10.9 Å². The van der Waals surface area contributed by atoms with E-state index in [0.29, 0.717) is 17.5 Å². The third-order valence-electron chi connectivity index (χ3n) is 5.04. The van der Waals surface area contributed by atoms with Gasteiger partial charge in [-0.15, -0.1) is 0 Å². The number of anilines is 1. The van der Waals surface area contributed by atoms with E-state index in [0.717, 1.165) is 17.0 Å². The first-order chi connectivity index (χ1) is 15.2. The molecule has 0 fully saturated rings. The van der Waals surface area contributed by atoms with Crippen LogP contribution in [0.2, 0.25) is 0 Å². The first-order valence-electron chi connectivity index (χ1n) is 9.53. The summed E-state index contributed by atoms with van der Waals surface area (Å²) in [6.45, 7) is 1.62. The van der Waals surface area contributed by atoms with Crippen LogP contribution in [0.1, 0.15) is 34.2 Å². The highest BCUT2D eigenvalue weighted by molar-refractivity contribution is 5.98. The number of carbonyl (C=O) groups excluding carboxylic acids is 1. The van der Waals surface area contributed by atoms with Gasteiger partial charge in [0.2, 0.25) is 0 Å². The van der Waals surface area contributed by atoms with E-state index in [1.165, 1.54) is 12.7 Å². The summed E-state index contributed by atoms with van der Waals surface area (Å²) in [6.07, 6.45) is 0.442. The first-order valence-corrected chi connectivity index (χ1v) is 9.53. The van der Waals surface area contributed by atoms with E-state index in [2.05, 4.69) is 20.3 Å². The molecule has 0 bridgehead atoms. The van der Waals surface area contributed by atoms with Crippen LogP contribution in [0.15, 0.2) is 65.9 Å². The largest absolute Gasteiger partial charge is 0.451 e. The summed E-state index contributed by atoms with van der Waals surface area (Å²) in [7, 11) is 0. The normalized spacial score (nSPS) is 13.6. The van der Waals surface area contributed by atoms with Crippen molar-refractivity contribution in [3.63, 3.8) is 0 Å². The molecule has 1 aromatic carbocycles. The fourth-order valence-corrected chi connectivity index (χ4v) is 3.51. The third-order valence-corrected chi connectivity index (χ3v) is 5.04. The van der Waals surface area contributed by atoms with E-state index in [-0.39, 0.29) is 17.8 Å². The first kappa shape index (κ1) is 21.3. The highest BCUT2D eigenvalue weighted by Gasteiger charge is 2.37. The molecule has 0 aliphatic heterocycles. The molecular weight excluding hydrogens is 423 g/mol. The van der Waals surface area contributed by atoms with Crippen molar-refractivity contribution in [1.82, 2.24) is 20.3 Å². The van der Waals surface area contributed by atoms with Crippen molar-refractivity contribution in [1.29, 1.82) is 0 Å². The van der Waals surface area contributed by atoms with E-state index in [1.807, 2.05) is 6.07 Å². The summed E-state index contributed by atoms with van der Waals surface area (Å²) in [5.41, 5.74) is 5.14. The lowest BCUT2D eigenvalue weighted by Crippen LogP contribution is -2.46. The molecule has 7 nitrogen and oxygen atoms in total. The Bertz CT molecular complexity index is 1270. The van der Waals surface area contributed by atoms with Crippen LogP contribution in [0, 0.1) is 0 Å². The zero-order valence-corrected chi connectivity index (χ0v) is 16.8. The number of nitrogen functional groups attached to an aromatic ring is 1. The molecule has 4 aromatic rings. The third kappa shape index (κ3) is 4.25. The quantitative estimate of drug-likeness (QED) is 0.483. The number of aromatic nitrogens is 3. The molecule has 0 aliphatic rings. The number of carbonyl (C=O) groups is 1. The van der Waals surface area contributed by atoms with Crippen molar-refractivity contribution in [3.8, 4) is 0 Å². The van der Waals surface area contributed by atoms with Crippen molar-refractivity contribution >= 4 is 22.5 Å². The molecule has 3 heterocycles. The number of halogens is 3. The van der Waals surface area contributed by atoms with Gasteiger partial charge < -0.3 is 15.5 Å². The minimum absolute atomic E-state index is 0.0873. The summed E-state index contributed by atoms with van der Waals surface area (Å²) in [5, 5.41) is 3.63. The van der Waals surface area contributed by atoms with Gasteiger partial charge in [-0.05, 0) is 37.3 Å². The number of hydrogen-bond donors (Lipinski definition) is 2. The van der Waals surface area contributed by atoms with Gasteiger partial charge in [-0.25, -0.2) is 4.98 Å². The molecule has 4 rings (SSSR count). The van der Waals surface area contributed by atoms with Crippen LogP contribution in [0.3, 0.4) is 0 Å². The van der Waals surface area contributed by atoms with E-state index in [4.69, 9.17) is 10.2 Å². The maximum absolute atomic E-state index is 13.1. The summed E-state index contributed by atoms with van der Waals surface area (Å²) >= 11 is 0. The molecule has 0 aliphatic carbocycles. The topological polar surface area (TPSA) is 107 Å². The summed E-state index contributed by atoms with van der Waals surface area (Å²) in [6, 6.07) is 9.39. The predicted molar refractivity (Wildman–Crippen MR) is 110 cm³/mol. The number of pyridine rings is 2. The lowest BCUT2D eigenvalue weighted by Gasteiger charge is -2.31. The molecular formula is C22H18F3N5O2. The number of oxazole rings is 1. The van der Waals surface area contributed by atoms with Crippen molar-refractivity contribution in [2.24, 2.45) is 0 Å². The van der Waals surface area contributed by atoms with Crippen LogP contribution in [-0.2, 0) is 18.1 Å². The van der Waals surface area contributed by atoms with Crippen molar-refractivity contribution < 1.29 is 22.4 Å². The minimum atomic E-state index is -4.59. The second-order valence-electron chi connectivity index (χ2n) is 7.51. The second-order valence-corrected chi connectivity index (χ2v) is 7.51. The molecule has 1 atom stereocenters. The van der Waals surface area contributed by atoms with Crippen LogP contribution in [0.5, 0.6) is 0 Å². The maximum Gasteiger partial charge on any atom is 0.417 e. The number of rotatable bonds is 5. The highest BCUT2D eigenvalue weighted by Crippen LogP contribution is 2.34. The molecule has 1 unspecified atom stereocenters. The van der Waals surface area contributed by atoms with Gasteiger partial charge in [0.1, 0.15) is 6.26 Å². The van der Waals surface area contributed by atoms with Crippen molar-refractivity contribution in [2.45, 2.75) is 25.1 Å². The van der Waals surface area contributed by atoms with Crippen LogP contribution >= 0.6 is 0 Å². The zero-order valence-electron chi connectivity index (χ0n) is 16.8. The van der Waals surface area contributed by atoms with Crippen LogP contribution in [0.4, 0.5) is 18.9 Å². The minimum Gasteiger partial charge on any atom is -0.451 e. The summed E-state index contributed by atoms with van der Waals surface area (Å²) in [5.74, 6) is -0.456. The van der Waals surface area contributed by atoms with Gasteiger partial charge in [-0.3, -0.25) is 14.8 Å². The number of benzene rings is 1. The lowest BCUT2D eigenvalue weighted by atomic mass is 9.89. The Morgan fingerprint density at radius 2 is 1.97 bits per heavy atom. The van der Waals surface area contributed by atoms with Crippen LogP contribution in [-0.4, -0.2) is 20.9 Å². The van der Waals surface area contributed by atoms with Crippen molar-refractivity contribution in [2.75, 3.05) is 5.73 Å². The molecule has 0 radical (unpaired) electrons. The van der Waals surface area contributed by atoms with Gasteiger partial charge in [0.05, 0.1) is 33.7 Å². The summed E-state index contributed by atoms with van der Waals surface area (Å²) in [4.78, 5) is 25.4. The molecule has 3 N–H and O–H groups in total. The Hall–Kier alpha value is -3.95. The average molecular weight is 441 g/mol. The molecule has 32 heavy (non-hydrogen) atoms. The fraction of sp³-hybridized carbons (Fsp3) is 0.182. The number of amides is 1. The van der Waals surface area contributed by atoms with Gasteiger partial charge in [0, 0.05) is 29.8 Å². The number of nitrogens with two attached hydrogens (primary N) is 1. The molecule has 3 aromatic heterocycles. The molecule has 0 saturated heterocycles. The van der Waals surface area contributed by atoms with E-state index >= 15 is 0 Å². The monoisotopic (exact) mass is 441 g/mol. The van der Waals surface area contributed by atoms with Gasteiger partial charge in [-0.1, -0.05) is 6.07 Å². The Labute approximate surface area is 180 Å². The molecule has 0 saturated carbocycles. The molecule has 164 valence electrons. The average Bonchev–Trinajstić information content (AvgIpc) is 3.25. The molecule has 1 amide bonds. The Kier molecular flexibility index (Phi) is 5.29. The lowest BCUT2D eigenvalue weighted by molar-refractivity contribution is -0.137. The number of alkyl halides is 3. The Morgan fingerprint density at radius 3 is 2.66 bits per heavy atom. The standard InChI is InChI=1S/C22H18F3N5O2/c1-21(9-16-11-32-12-29-16,19-17(26)8-15(10-28-19)22(23,24)25)30-20(31)14-4-5-18-13(7-14)3-2-6-27-18/h2-8,10-12H,9,26H2,1H3,(H,30,31). The van der Waals surface area contributed by atoms with E-state index in [9.17, 15) is 18.0 Å². The Balaban J connectivity index is 1.72. The van der Waals surface area contributed by atoms with E-state index in [1.54, 1.807) is 37.4 Å². The zero-order chi connectivity index (χ0) is 22.9. The maximum atomic E-state index is 13.1. The Morgan fingerprint density at radius 1 is 1.16 bits per heavy atom. The van der Waals surface area contributed by atoms with Gasteiger partial charge in [-0.2, -0.15) is 13.2 Å². The molecule has 0 spiro atoms. The summed E-state index contributed by atoms with van der Waals surface area (Å²) < 4.78 is 44.2. The smallest absolute Gasteiger partial charge is 0.417 e.